The molecule has 0 aliphatic carbocycles. The van der Waals surface area contributed by atoms with E-state index in [0.717, 1.165) is 45.3 Å². The average Bonchev–Trinajstić information content (AvgIpc) is 0.755. The number of methoxy groups -OCH3 is 4. The first-order chi connectivity index (χ1) is 45.9. The normalized spacial score (nSPS) is 13.6. The molecule has 0 fully saturated rings. The van der Waals surface area contributed by atoms with Crippen LogP contribution in [0.5, 0.6) is 23.0 Å². The number of sulfonamides is 2. The van der Waals surface area contributed by atoms with Crippen LogP contribution in [0.2, 0.25) is 10.1 Å². The number of ether oxygens (including phenoxy) is 4. The lowest BCUT2D eigenvalue weighted by molar-refractivity contribution is 0.191. The molecule has 8 rings (SSSR count). The Kier molecular flexibility index (Phi) is 27.9. The highest BCUT2D eigenvalue weighted by Crippen LogP contribution is 2.41. The molecule has 0 aliphatic heterocycles. The third-order valence-electron chi connectivity index (χ3n) is 17.8. The van der Waals surface area contributed by atoms with Gasteiger partial charge in [0.15, 0.2) is 0 Å². The smallest absolute Gasteiger partial charge is 0.261 e. The van der Waals surface area contributed by atoms with Gasteiger partial charge < -0.3 is 27.8 Å². The van der Waals surface area contributed by atoms with Crippen LogP contribution in [0.15, 0.2) is 244 Å². The topological polar surface area (TPSA) is 130 Å². The van der Waals surface area contributed by atoms with E-state index in [1.54, 1.807) is 49.2 Å². The predicted molar refractivity (Wildman–Crippen MR) is 400 cm³/mol. The van der Waals surface area contributed by atoms with E-state index in [9.17, 15) is 16.8 Å². The fourth-order valence-electron chi connectivity index (χ4n) is 12.8. The second kappa shape index (κ2) is 35.2. The predicted octanol–water partition coefficient (Wildman–Crippen LogP) is 15.5. The first kappa shape index (κ1) is 76.0. The Morgan fingerprint density at radius 3 is 0.781 bits per heavy atom. The summed E-state index contributed by atoms with van der Waals surface area (Å²) in [6.45, 7) is 26.3. The first-order valence-corrected chi connectivity index (χ1v) is 40.0. The molecule has 0 radical (unpaired) electrons. The molecule has 0 spiro atoms. The summed E-state index contributed by atoms with van der Waals surface area (Å²) in [6.07, 6.45) is 5.66. The van der Waals surface area contributed by atoms with Gasteiger partial charge in [-0.05, 0) is 154 Å². The summed E-state index contributed by atoms with van der Waals surface area (Å²) in [7, 11) is -6.94. The van der Waals surface area contributed by atoms with Gasteiger partial charge in [0.05, 0.1) is 38.9 Å². The number of hydrogen-bond acceptors (Lipinski definition) is 10. The van der Waals surface area contributed by atoms with Crippen LogP contribution in [0, 0.1) is 0 Å². The van der Waals surface area contributed by atoms with E-state index in [4.69, 9.17) is 27.8 Å². The molecule has 0 N–H and O–H groups in total. The molecule has 4 atom stereocenters. The van der Waals surface area contributed by atoms with Crippen LogP contribution >= 0.6 is 0 Å². The Labute approximate surface area is 577 Å². The zero-order chi connectivity index (χ0) is 69.6. The minimum Gasteiger partial charge on any atom is -0.497 e. The van der Waals surface area contributed by atoms with E-state index >= 15 is 0 Å². The van der Waals surface area contributed by atoms with Gasteiger partial charge >= 0.3 is 0 Å². The summed E-state index contributed by atoms with van der Waals surface area (Å²) in [4.78, 5) is 0. The Bertz CT molecular complexity index is 3420. The number of hydrogen-bond donors (Lipinski definition) is 0. The van der Waals surface area contributed by atoms with Gasteiger partial charge in [-0.15, -0.1) is 13.2 Å². The largest absolute Gasteiger partial charge is 0.497 e. The Morgan fingerprint density at radius 1 is 0.375 bits per heavy atom. The molecule has 0 amide bonds. The molecule has 0 saturated carbocycles. The molecular formula is C80H102N2O10S2Si2. The van der Waals surface area contributed by atoms with E-state index < -0.39 is 47.2 Å². The van der Waals surface area contributed by atoms with Gasteiger partial charge in [-0.25, -0.2) is 16.8 Å². The van der Waals surface area contributed by atoms with Crippen molar-refractivity contribution in [3.05, 3.63) is 266 Å². The molecule has 0 unspecified atom stereocenters. The summed E-state index contributed by atoms with van der Waals surface area (Å²) in [5.41, 5.74) is 3.53. The summed E-state index contributed by atoms with van der Waals surface area (Å²) in [6, 6.07) is 72.2. The standard InChI is InChI=1S/2C40H51NO5SSi/c2*1-8-9-16-37(29-32(2)46-48(40(3,4)5,38-17-12-10-13-18-38)39-19-14-11-15-20-39)47(42,43)41(30-33-21-25-35(44-6)26-22-33)31-34-23-27-36(45-7)28-24-34/h2*8,10-15,17-28,32,37H,1,9,16,29-31H2,2-7H3/t32-,37+;32-,37-/m00/s1. The SMILES string of the molecule is C=CCC[C@@H](C[C@H](C)O[Si](c1ccccc1)(c1ccccc1)C(C)(C)C)S(=O)(=O)N(Cc1ccc(OC)cc1)Cc1ccc(OC)cc1.C=CCC[C@H](C[C@H](C)O[Si](c1ccccc1)(c1ccccc1)C(C)(C)C)S(=O)(=O)N(Cc1ccc(OC)cc1)Cc1ccc(OC)cc1. The molecule has 0 aromatic heterocycles. The highest BCUT2D eigenvalue weighted by Gasteiger charge is 2.53. The number of nitrogens with zero attached hydrogens (tertiary/aromatic N) is 2. The van der Waals surface area contributed by atoms with Gasteiger partial charge in [0.25, 0.3) is 16.6 Å². The monoisotopic (exact) mass is 1370 g/mol. The Balaban J connectivity index is 0.000000271. The molecule has 0 saturated heterocycles. The van der Waals surface area contributed by atoms with E-state index in [0.29, 0.717) is 38.5 Å². The molecule has 96 heavy (non-hydrogen) atoms. The van der Waals surface area contributed by atoms with Crippen molar-refractivity contribution in [1.82, 2.24) is 8.61 Å². The van der Waals surface area contributed by atoms with Crippen LogP contribution in [0.1, 0.15) is 116 Å². The quantitative estimate of drug-likeness (QED) is 0.0284. The third kappa shape index (κ3) is 19.5. The second-order valence-electron chi connectivity index (χ2n) is 26.6. The maximum absolute atomic E-state index is 14.8. The highest BCUT2D eigenvalue weighted by molar-refractivity contribution is 7.90. The Morgan fingerprint density at radius 2 is 0.594 bits per heavy atom. The zero-order valence-corrected chi connectivity index (χ0v) is 62.2. The van der Waals surface area contributed by atoms with Crippen molar-refractivity contribution in [2.45, 2.75) is 153 Å². The van der Waals surface area contributed by atoms with Gasteiger partial charge in [-0.3, -0.25) is 0 Å². The van der Waals surface area contributed by atoms with Crippen molar-refractivity contribution in [2.24, 2.45) is 0 Å². The lowest BCUT2D eigenvalue weighted by Gasteiger charge is -2.45. The van der Waals surface area contributed by atoms with Gasteiger partial charge in [-0.2, -0.15) is 8.61 Å². The van der Waals surface area contributed by atoms with Crippen LogP contribution in [-0.4, -0.2) is 93.2 Å². The van der Waals surface area contributed by atoms with Crippen LogP contribution in [0.25, 0.3) is 0 Å². The van der Waals surface area contributed by atoms with E-state index in [1.165, 1.54) is 20.7 Å². The van der Waals surface area contributed by atoms with Crippen molar-refractivity contribution in [2.75, 3.05) is 28.4 Å². The molecule has 0 bridgehead atoms. The van der Waals surface area contributed by atoms with Crippen LogP contribution in [0.4, 0.5) is 0 Å². The molecule has 0 aliphatic rings. The molecular weight excluding hydrogens is 1270 g/mol. The zero-order valence-electron chi connectivity index (χ0n) is 58.5. The van der Waals surface area contributed by atoms with Gasteiger partial charge in [-0.1, -0.05) is 224 Å². The number of benzene rings is 8. The third-order valence-corrected chi connectivity index (χ3v) is 32.6. The molecule has 12 nitrogen and oxygen atoms in total. The number of allylic oxidation sites excluding steroid dienone is 2. The molecule has 512 valence electrons. The minimum absolute atomic E-state index is 0.228. The van der Waals surface area contributed by atoms with Crippen molar-refractivity contribution in [1.29, 1.82) is 0 Å². The van der Waals surface area contributed by atoms with E-state index in [1.807, 2.05) is 135 Å². The fraction of sp³-hybridized carbons (Fsp3) is 0.350. The molecule has 16 heteroatoms. The average molecular weight is 1370 g/mol. The fourth-order valence-corrected chi connectivity index (χ4v) is 26.3. The highest BCUT2D eigenvalue weighted by atomic mass is 32.2. The maximum Gasteiger partial charge on any atom is 0.261 e. The summed E-state index contributed by atoms with van der Waals surface area (Å²) >= 11 is 0. The first-order valence-electron chi connectivity index (χ1n) is 33.2. The van der Waals surface area contributed by atoms with Gasteiger partial charge in [0, 0.05) is 38.4 Å². The van der Waals surface area contributed by atoms with Crippen molar-refractivity contribution in [3.63, 3.8) is 0 Å². The Hall–Kier alpha value is -7.39. The second-order valence-corrected chi connectivity index (χ2v) is 39.6. The maximum atomic E-state index is 14.8. The minimum atomic E-state index is -3.82. The van der Waals surface area contributed by atoms with Crippen molar-refractivity contribution >= 4 is 57.4 Å². The van der Waals surface area contributed by atoms with Crippen LogP contribution < -0.4 is 39.7 Å². The summed E-state index contributed by atoms with van der Waals surface area (Å²) < 4.78 is 98.6. The molecule has 0 heterocycles. The van der Waals surface area contributed by atoms with Crippen LogP contribution in [0.3, 0.4) is 0 Å². The van der Waals surface area contributed by atoms with E-state index in [-0.39, 0.29) is 48.5 Å². The summed E-state index contributed by atoms with van der Waals surface area (Å²) in [5, 5.41) is 2.86. The lowest BCUT2D eigenvalue weighted by Crippen LogP contribution is -2.67. The lowest BCUT2D eigenvalue weighted by atomic mass is 10.1. The molecule has 8 aromatic rings. The molecule has 8 aromatic carbocycles. The van der Waals surface area contributed by atoms with E-state index in [2.05, 4.69) is 152 Å². The van der Waals surface area contributed by atoms with Gasteiger partial charge in [0.1, 0.15) is 23.0 Å². The van der Waals surface area contributed by atoms with Crippen molar-refractivity contribution in [3.8, 4) is 23.0 Å². The van der Waals surface area contributed by atoms with Crippen LogP contribution in [-0.2, 0) is 55.1 Å². The summed E-state index contributed by atoms with van der Waals surface area (Å²) in [5.74, 6) is 2.89. The van der Waals surface area contributed by atoms with Gasteiger partial charge in [0.2, 0.25) is 20.0 Å². The number of rotatable bonds is 34. The van der Waals surface area contributed by atoms with Crippen molar-refractivity contribution < 1.29 is 44.6 Å².